The Morgan fingerprint density at radius 1 is 0.731 bits per heavy atom. The number of para-hydroxylation sites is 1. The predicted molar refractivity (Wildman–Crippen MR) is 112 cm³/mol. The molecule has 3 heteroatoms. The molecule has 26 heavy (non-hydrogen) atoms. The molecule has 0 aliphatic heterocycles. The maximum Gasteiger partial charge on any atom is 0.115 e. The van der Waals surface area contributed by atoms with E-state index in [0.29, 0.717) is 12.3 Å². The molecule has 0 atom stereocenters. The average Bonchev–Trinajstić information content (AvgIpc) is 2.69. The highest BCUT2D eigenvalue weighted by Crippen LogP contribution is 2.10. The van der Waals surface area contributed by atoms with Gasteiger partial charge in [0.25, 0.3) is 0 Å². The van der Waals surface area contributed by atoms with Crippen LogP contribution in [-0.4, -0.2) is 23.4 Å². The molecule has 0 aliphatic rings. The van der Waals surface area contributed by atoms with Gasteiger partial charge in [0.15, 0.2) is 0 Å². The van der Waals surface area contributed by atoms with Crippen molar-refractivity contribution >= 4 is 0 Å². The molecule has 4 N–H and O–H groups in total. The van der Waals surface area contributed by atoms with Crippen molar-refractivity contribution in [2.75, 3.05) is 13.2 Å². The van der Waals surface area contributed by atoms with Crippen LogP contribution in [0.2, 0.25) is 0 Å². The molecule has 0 radical (unpaired) electrons. The molecule has 0 spiro atoms. The molecule has 0 saturated carbocycles. The first-order chi connectivity index (χ1) is 12.7. The molecule has 2 aromatic carbocycles. The van der Waals surface area contributed by atoms with Gasteiger partial charge in [-0.1, -0.05) is 94.0 Å². The van der Waals surface area contributed by atoms with Crippen LogP contribution < -0.4 is 5.73 Å². The summed E-state index contributed by atoms with van der Waals surface area (Å²) < 4.78 is 0. The van der Waals surface area contributed by atoms with E-state index in [0.717, 1.165) is 0 Å². The number of hydrogen-bond acceptors (Lipinski definition) is 3. The Bertz CT molecular complexity index is 486. The van der Waals surface area contributed by atoms with Crippen LogP contribution in [0.25, 0.3) is 0 Å². The van der Waals surface area contributed by atoms with Gasteiger partial charge in [-0.3, -0.25) is 0 Å². The molecule has 0 unspecified atom stereocenters. The lowest BCUT2D eigenvalue weighted by Gasteiger charge is -2.01. The van der Waals surface area contributed by atoms with Crippen LogP contribution in [0.5, 0.6) is 5.75 Å². The highest BCUT2D eigenvalue weighted by atomic mass is 16.3. The van der Waals surface area contributed by atoms with Crippen LogP contribution in [-0.2, 0) is 6.42 Å². The highest BCUT2D eigenvalue weighted by Gasteiger charge is 1.93. The van der Waals surface area contributed by atoms with Crippen LogP contribution in [0.15, 0.2) is 60.7 Å². The Morgan fingerprint density at radius 3 is 1.62 bits per heavy atom. The third-order valence-electron chi connectivity index (χ3n) is 3.80. The molecule has 2 aromatic rings. The Labute approximate surface area is 159 Å². The largest absolute Gasteiger partial charge is 0.508 e. The van der Waals surface area contributed by atoms with E-state index in [1.165, 1.54) is 56.9 Å². The van der Waals surface area contributed by atoms with E-state index >= 15 is 0 Å². The Morgan fingerprint density at radius 2 is 1.19 bits per heavy atom. The van der Waals surface area contributed by atoms with Gasteiger partial charge in [-0.25, -0.2) is 0 Å². The first-order valence-electron chi connectivity index (χ1n) is 9.83. The standard InChI is InChI=1S/C15H24.C6H6O.C2H7NO/c1-2-3-4-5-6-7-9-12-15-13-10-8-11-14-15;7-6-4-2-1-3-5-6;3-1-2-4/h8,10-11,13-14H,2-7,9,12H2,1H3;1-5,7H;4H,1-3H2. The van der Waals surface area contributed by atoms with Crippen molar-refractivity contribution in [1.82, 2.24) is 0 Å². The van der Waals surface area contributed by atoms with Crippen molar-refractivity contribution in [3.05, 3.63) is 66.2 Å². The number of phenolic OH excluding ortho intramolecular Hbond substituents is 1. The van der Waals surface area contributed by atoms with Gasteiger partial charge in [0.1, 0.15) is 5.75 Å². The minimum absolute atomic E-state index is 0.0972. The van der Waals surface area contributed by atoms with E-state index in [4.69, 9.17) is 15.9 Å². The maximum atomic E-state index is 8.63. The van der Waals surface area contributed by atoms with Gasteiger partial charge in [-0.05, 0) is 30.5 Å². The molecule has 0 aliphatic carbocycles. The van der Waals surface area contributed by atoms with Gasteiger partial charge < -0.3 is 15.9 Å². The molecule has 0 amide bonds. The van der Waals surface area contributed by atoms with Crippen LogP contribution in [0.3, 0.4) is 0 Å². The zero-order valence-corrected chi connectivity index (χ0v) is 16.3. The molecular weight excluding hydrogens is 322 g/mol. The van der Waals surface area contributed by atoms with Crippen molar-refractivity contribution in [3.8, 4) is 5.75 Å². The topological polar surface area (TPSA) is 66.5 Å². The first-order valence-corrected chi connectivity index (χ1v) is 9.83. The second-order valence-corrected chi connectivity index (χ2v) is 6.20. The summed E-state index contributed by atoms with van der Waals surface area (Å²) in [5.41, 5.74) is 6.27. The van der Waals surface area contributed by atoms with Crippen molar-refractivity contribution in [2.45, 2.75) is 58.3 Å². The summed E-state index contributed by atoms with van der Waals surface area (Å²) in [4.78, 5) is 0. The Hall–Kier alpha value is -1.84. The normalized spacial score (nSPS) is 9.50. The quantitative estimate of drug-likeness (QED) is 0.532. The van der Waals surface area contributed by atoms with Crippen molar-refractivity contribution < 1.29 is 10.2 Å². The summed E-state index contributed by atoms with van der Waals surface area (Å²) in [7, 11) is 0. The smallest absolute Gasteiger partial charge is 0.115 e. The lowest BCUT2D eigenvalue weighted by molar-refractivity contribution is 0.306. The van der Waals surface area contributed by atoms with Gasteiger partial charge in [-0.2, -0.15) is 0 Å². The van der Waals surface area contributed by atoms with E-state index in [1.54, 1.807) is 24.3 Å². The minimum atomic E-state index is 0.0972. The van der Waals surface area contributed by atoms with E-state index in [-0.39, 0.29) is 6.61 Å². The van der Waals surface area contributed by atoms with E-state index in [2.05, 4.69) is 37.3 Å². The van der Waals surface area contributed by atoms with Crippen molar-refractivity contribution in [3.63, 3.8) is 0 Å². The Kier molecular flexibility index (Phi) is 18.1. The Balaban J connectivity index is 0.000000467. The summed E-state index contributed by atoms with van der Waals surface area (Å²) >= 11 is 0. The fourth-order valence-corrected chi connectivity index (χ4v) is 2.36. The van der Waals surface area contributed by atoms with Gasteiger partial charge in [-0.15, -0.1) is 0 Å². The van der Waals surface area contributed by atoms with Crippen LogP contribution in [0.4, 0.5) is 0 Å². The third kappa shape index (κ3) is 17.0. The minimum Gasteiger partial charge on any atom is -0.508 e. The number of benzene rings is 2. The zero-order valence-electron chi connectivity index (χ0n) is 16.3. The van der Waals surface area contributed by atoms with Crippen molar-refractivity contribution in [1.29, 1.82) is 0 Å². The number of aliphatic hydroxyl groups excluding tert-OH is 1. The summed E-state index contributed by atoms with van der Waals surface area (Å²) in [6, 6.07) is 19.5. The molecule has 0 fully saturated rings. The molecule has 146 valence electrons. The first kappa shape index (κ1) is 24.2. The summed E-state index contributed by atoms with van der Waals surface area (Å²) in [5.74, 6) is 0.322. The lowest BCUT2D eigenvalue weighted by atomic mass is 10.0. The van der Waals surface area contributed by atoms with Gasteiger partial charge in [0.05, 0.1) is 6.61 Å². The average molecular weight is 360 g/mol. The number of aryl methyl sites for hydroxylation is 1. The molecule has 3 nitrogen and oxygen atoms in total. The molecule has 0 aromatic heterocycles. The molecule has 0 bridgehead atoms. The van der Waals surface area contributed by atoms with E-state index < -0.39 is 0 Å². The van der Waals surface area contributed by atoms with E-state index in [9.17, 15) is 0 Å². The van der Waals surface area contributed by atoms with Crippen LogP contribution in [0, 0.1) is 0 Å². The number of aromatic hydroxyl groups is 1. The van der Waals surface area contributed by atoms with Gasteiger partial charge >= 0.3 is 0 Å². The fourth-order valence-electron chi connectivity index (χ4n) is 2.36. The molecular formula is C23H37NO2. The summed E-state index contributed by atoms with van der Waals surface area (Å²) in [6.45, 7) is 2.75. The van der Waals surface area contributed by atoms with Crippen LogP contribution >= 0.6 is 0 Å². The van der Waals surface area contributed by atoms with Gasteiger partial charge in [0.2, 0.25) is 0 Å². The number of hydrogen-bond donors (Lipinski definition) is 3. The second-order valence-electron chi connectivity index (χ2n) is 6.20. The highest BCUT2D eigenvalue weighted by molar-refractivity contribution is 5.18. The zero-order chi connectivity index (χ0) is 19.3. The summed E-state index contributed by atoms with van der Waals surface area (Å²) in [5, 5.41) is 16.4. The monoisotopic (exact) mass is 359 g/mol. The fraction of sp³-hybridized carbons (Fsp3) is 0.478. The number of rotatable bonds is 9. The molecule has 2 rings (SSSR count). The van der Waals surface area contributed by atoms with Gasteiger partial charge in [0, 0.05) is 6.54 Å². The second kappa shape index (κ2) is 19.5. The van der Waals surface area contributed by atoms with Crippen LogP contribution in [0.1, 0.15) is 57.4 Å². The number of aliphatic hydroxyl groups is 1. The molecule has 0 heterocycles. The van der Waals surface area contributed by atoms with E-state index in [1.807, 2.05) is 6.07 Å². The van der Waals surface area contributed by atoms with Crippen molar-refractivity contribution in [2.24, 2.45) is 5.73 Å². The SMILES string of the molecule is CCCCCCCCCc1ccccc1.NCCO.Oc1ccccc1. The predicted octanol–water partition coefficient (Wildman–Crippen LogP) is 5.31. The summed E-state index contributed by atoms with van der Waals surface area (Å²) in [6.07, 6.45) is 11.1. The third-order valence-corrected chi connectivity index (χ3v) is 3.80. The number of unbranched alkanes of at least 4 members (excludes halogenated alkanes) is 6. The number of nitrogens with two attached hydrogens (primary N) is 1. The molecule has 0 saturated heterocycles. The maximum absolute atomic E-state index is 8.63. The number of phenols is 1. The lowest BCUT2D eigenvalue weighted by Crippen LogP contribution is -2.02.